The van der Waals surface area contributed by atoms with E-state index < -0.39 is 29.3 Å². The summed E-state index contributed by atoms with van der Waals surface area (Å²) < 4.78 is 15.0. The van der Waals surface area contributed by atoms with Gasteiger partial charge in [-0.2, -0.15) is 0 Å². The van der Waals surface area contributed by atoms with Gasteiger partial charge in [-0.3, -0.25) is 14.4 Å². The van der Waals surface area contributed by atoms with Crippen molar-refractivity contribution in [2.24, 2.45) is 5.92 Å². The second-order valence-electron chi connectivity index (χ2n) is 7.24. The number of ketones is 2. The number of hydrogen-bond acceptors (Lipinski definition) is 4. The smallest absolute Gasteiger partial charge is 0.251 e. The average molecular weight is 472 g/mol. The van der Waals surface area contributed by atoms with Crippen molar-refractivity contribution in [3.63, 3.8) is 0 Å². The lowest BCUT2D eigenvalue weighted by atomic mass is 9.90. The fourth-order valence-electron chi connectivity index (χ4n) is 3.80. The lowest BCUT2D eigenvalue weighted by Crippen LogP contribution is -2.49. The highest BCUT2D eigenvalue weighted by atomic mass is 79.9. The second kappa shape index (κ2) is 8.49. The summed E-state index contributed by atoms with van der Waals surface area (Å²) >= 11 is 3.31. The summed E-state index contributed by atoms with van der Waals surface area (Å²) in [7, 11) is 0. The number of rotatable bonds is 6. The summed E-state index contributed by atoms with van der Waals surface area (Å²) in [4.78, 5) is 41.8. The number of halogens is 2. The monoisotopic (exact) mass is 471 g/mol. The Balaban J connectivity index is 1.66. The van der Waals surface area contributed by atoms with Crippen LogP contribution in [0.2, 0.25) is 0 Å². The van der Waals surface area contributed by atoms with Gasteiger partial charge in [0.25, 0.3) is 5.91 Å². The lowest BCUT2D eigenvalue weighted by molar-refractivity contribution is -0.117. The van der Waals surface area contributed by atoms with Crippen LogP contribution in [0.25, 0.3) is 10.9 Å². The van der Waals surface area contributed by atoms with Gasteiger partial charge in [0, 0.05) is 34.1 Å². The van der Waals surface area contributed by atoms with Gasteiger partial charge in [0.1, 0.15) is 11.9 Å². The summed E-state index contributed by atoms with van der Waals surface area (Å²) in [5.41, 5.74) is 0.757. The van der Waals surface area contributed by atoms with Crippen LogP contribution in [-0.2, 0) is 4.79 Å². The Bertz CT molecular complexity index is 1120. The maximum absolute atomic E-state index is 14.4. The first-order valence-electron chi connectivity index (χ1n) is 9.57. The van der Waals surface area contributed by atoms with Gasteiger partial charge in [-0.25, -0.2) is 4.39 Å². The van der Waals surface area contributed by atoms with E-state index >= 15 is 0 Å². The summed E-state index contributed by atoms with van der Waals surface area (Å²) in [6.07, 6.45) is 1.98. The number of fused-ring (bicyclic) bond motifs is 1. The summed E-state index contributed by atoms with van der Waals surface area (Å²) in [6.45, 7) is 1.20. The van der Waals surface area contributed by atoms with E-state index in [-0.39, 0.29) is 16.9 Å². The highest BCUT2D eigenvalue weighted by Crippen LogP contribution is 2.29. The fourth-order valence-corrected chi connectivity index (χ4v) is 4.24. The normalized spacial score (nSPS) is 17.1. The minimum Gasteiger partial charge on any atom is -0.359 e. The molecule has 2 heterocycles. The number of benzene rings is 2. The molecule has 154 valence electrons. The maximum Gasteiger partial charge on any atom is 0.251 e. The van der Waals surface area contributed by atoms with E-state index in [4.69, 9.17) is 0 Å². The third-order valence-corrected chi connectivity index (χ3v) is 6.04. The van der Waals surface area contributed by atoms with E-state index in [1.165, 1.54) is 18.3 Å². The first-order chi connectivity index (χ1) is 14.5. The van der Waals surface area contributed by atoms with E-state index in [2.05, 4.69) is 31.5 Å². The Morgan fingerprint density at radius 3 is 2.60 bits per heavy atom. The molecule has 3 aromatic rings. The number of aromatic nitrogens is 1. The summed E-state index contributed by atoms with van der Waals surface area (Å²) in [6, 6.07) is 10.3. The highest BCUT2D eigenvalue weighted by molar-refractivity contribution is 9.10. The molecule has 0 saturated carbocycles. The molecule has 6 nitrogen and oxygen atoms in total. The van der Waals surface area contributed by atoms with Crippen molar-refractivity contribution < 1.29 is 18.8 Å². The van der Waals surface area contributed by atoms with Crippen LogP contribution < -0.4 is 10.6 Å². The predicted molar refractivity (Wildman–Crippen MR) is 114 cm³/mol. The minimum absolute atomic E-state index is 0.0429. The Labute approximate surface area is 180 Å². The topological polar surface area (TPSA) is 91.1 Å². The third-order valence-electron chi connectivity index (χ3n) is 5.38. The summed E-state index contributed by atoms with van der Waals surface area (Å²) in [5, 5.41) is 5.94. The number of amides is 1. The van der Waals surface area contributed by atoms with Crippen molar-refractivity contribution in [1.82, 2.24) is 15.6 Å². The van der Waals surface area contributed by atoms with Crippen LogP contribution in [0.5, 0.6) is 0 Å². The van der Waals surface area contributed by atoms with Gasteiger partial charge in [0.15, 0.2) is 0 Å². The number of carbonyl (C=O) groups is 3. The van der Waals surface area contributed by atoms with Crippen LogP contribution in [0.15, 0.2) is 53.1 Å². The molecule has 1 saturated heterocycles. The Kier molecular flexibility index (Phi) is 5.78. The minimum atomic E-state index is -1.000. The Hall–Kier alpha value is -2.84. The van der Waals surface area contributed by atoms with Crippen LogP contribution in [0.3, 0.4) is 0 Å². The van der Waals surface area contributed by atoms with Crippen LogP contribution in [0.4, 0.5) is 4.39 Å². The number of hydrogen-bond donors (Lipinski definition) is 3. The standard InChI is InChI=1S/C22H19BrFN3O3/c23-15-6-7-16(24)17-14(11-26-19(15)17)20(28)21(29)18(13-8-9-25-10-13)27-22(30)12-4-2-1-3-5-12/h1-7,11,13,18,25-26H,8-10H2,(H,27,30). The van der Waals surface area contributed by atoms with Gasteiger partial charge in [-0.15, -0.1) is 0 Å². The van der Waals surface area contributed by atoms with Crippen molar-refractivity contribution in [2.75, 3.05) is 13.1 Å². The summed E-state index contributed by atoms with van der Waals surface area (Å²) in [5.74, 6) is -2.84. The molecule has 1 amide bonds. The van der Waals surface area contributed by atoms with E-state index in [0.29, 0.717) is 35.1 Å². The molecular formula is C22H19BrFN3O3. The molecule has 4 rings (SSSR count). The molecule has 2 aromatic carbocycles. The first-order valence-corrected chi connectivity index (χ1v) is 10.4. The largest absolute Gasteiger partial charge is 0.359 e. The zero-order chi connectivity index (χ0) is 21.3. The van der Waals surface area contributed by atoms with Crippen molar-refractivity contribution in [3.05, 3.63) is 70.1 Å². The van der Waals surface area contributed by atoms with E-state index in [1.54, 1.807) is 30.3 Å². The molecule has 1 aliphatic rings. The van der Waals surface area contributed by atoms with Crippen LogP contribution in [-0.4, -0.2) is 41.6 Å². The number of carbonyl (C=O) groups excluding carboxylic acids is 3. The molecule has 0 bridgehead atoms. The molecule has 0 radical (unpaired) electrons. The molecule has 1 aromatic heterocycles. The molecule has 2 atom stereocenters. The van der Waals surface area contributed by atoms with Crippen LogP contribution in [0, 0.1) is 11.7 Å². The van der Waals surface area contributed by atoms with E-state index in [9.17, 15) is 18.8 Å². The fraction of sp³-hybridized carbons (Fsp3) is 0.227. The predicted octanol–water partition coefficient (Wildman–Crippen LogP) is 3.23. The average Bonchev–Trinajstić information content (AvgIpc) is 3.45. The maximum atomic E-state index is 14.4. The van der Waals surface area contributed by atoms with E-state index in [1.807, 2.05) is 0 Å². The van der Waals surface area contributed by atoms with Crippen LogP contribution >= 0.6 is 15.9 Å². The zero-order valence-corrected chi connectivity index (χ0v) is 17.5. The molecule has 1 fully saturated rings. The van der Waals surface area contributed by atoms with Gasteiger partial charge in [-0.1, -0.05) is 18.2 Å². The van der Waals surface area contributed by atoms with Gasteiger partial charge in [-0.05, 0) is 53.2 Å². The van der Waals surface area contributed by atoms with Crippen molar-refractivity contribution >= 4 is 44.3 Å². The Morgan fingerprint density at radius 2 is 1.90 bits per heavy atom. The van der Waals surface area contributed by atoms with Crippen molar-refractivity contribution in [1.29, 1.82) is 0 Å². The molecule has 1 aliphatic heterocycles. The molecular weight excluding hydrogens is 453 g/mol. The van der Waals surface area contributed by atoms with Crippen LogP contribution in [0.1, 0.15) is 27.1 Å². The molecule has 2 unspecified atom stereocenters. The lowest BCUT2D eigenvalue weighted by Gasteiger charge is -2.22. The molecule has 3 N–H and O–H groups in total. The molecule has 0 aliphatic carbocycles. The second-order valence-corrected chi connectivity index (χ2v) is 8.10. The van der Waals surface area contributed by atoms with Crippen molar-refractivity contribution in [3.8, 4) is 0 Å². The van der Waals surface area contributed by atoms with E-state index in [0.717, 1.165) is 0 Å². The number of H-pyrrole nitrogens is 1. The number of nitrogens with one attached hydrogen (secondary N) is 3. The molecule has 30 heavy (non-hydrogen) atoms. The molecule has 8 heteroatoms. The quantitative estimate of drug-likeness (QED) is 0.380. The Morgan fingerprint density at radius 1 is 1.13 bits per heavy atom. The number of Topliss-reactive ketones (excluding diaryl/α,β-unsaturated/α-hetero) is 2. The van der Waals surface area contributed by atoms with Crippen molar-refractivity contribution in [2.45, 2.75) is 12.5 Å². The van der Waals surface area contributed by atoms with Gasteiger partial charge in [0.2, 0.25) is 11.6 Å². The SMILES string of the molecule is O=C(NC(C(=O)C(=O)c1c[nH]c2c(Br)ccc(F)c12)C1CCNC1)c1ccccc1. The molecule has 0 spiro atoms. The number of aromatic amines is 1. The van der Waals surface area contributed by atoms with Gasteiger partial charge in [0.05, 0.1) is 11.1 Å². The first kappa shape index (κ1) is 20.4. The zero-order valence-electron chi connectivity index (χ0n) is 15.9. The third kappa shape index (κ3) is 3.80. The van der Waals surface area contributed by atoms with Gasteiger partial charge >= 0.3 is 0 Å². The highest BCUT2D eigenvalue weighted by Gasteiger charge is 2.37. The van der Waals surface area contributed by atoms with Gasteiger partial charge < -0.3 is 15.6 Å².